The van der Waals surface area contributed by atoms with E-state index in [9.17, 15) is 9.90 Å². The van der Waals surface area contributed by atoms with Crippen LogP contribution in [0.2, 0.25) is 0 Å². The summed E-state index contributed by atoms with van der Waals surface area (Å²) in [7, 11) is 0. The maximum Gasteiger partial charge on any atom is 0.326 e. The first kappa shape index (κ1) is 12.1. The lowest BCUT2D eigenvalue weighted by atomic mass is 10.1. The summed E-state index contributed by atoms with van der Waals surface area (Å²) in [4.78, 5) is 13.3. The van der Waals surface area contributed by atoms with Crippen LogP contribution in [0, 0.1) is 0 Å². The fourth-order valence-corrected chi connectivity index (χ4v) is 3.00. The summed E-state index contributed by atoms with van der Waals surface area (Å²) in [6, 6.07) is 7.24. The number of benzene rings is 1. The van der Waals surface area contributed by atoms with Crippen molar-refractivity contribution in [2.75, 3.05) is 11.4 Å². The third-order valence-electron chi connectivity index (χ3n) is 3.95. The van der Waals surface area contributed by atoms with Crippen LogP contribution in [0.25, 0.3) is 16.4 Å². The molecular formula is C14H13N5O2. The fourth-order valence-electron chi connectivity index (χ4n) is 3.00. The minimum atomic E-state index is -0.803. The number of aliphatic carboxylic acids is 1. The second kappa shape index (κ2) is 4.41. The van der Waals surface area contributed by atoms with Crippen LogP contribution >= 0.6 is 0 Å². The van der Waals surface area contributed by atoms with E-state index in [0.29, 0.717) is 24.4 Å². The molecule has 0 saturated carbocycles. The SMILES string of the molecule is O=C(O)[C@H]1CCCN1c1nn2cnnc2c2ccccc12. The highest BCUT2D eigenvalue weighted by Gasteiger charge is 2.32. The lowest BCUT2D eigenvalue weighted by Gasteiger charge is -2.23. The third kappa shape index (κ3) is 1.74. The average Bonchev–Trinajstić information content (AvgIpc) is 3.15. The number of hydrogen-bond acceptors (Lipinski definition) is 5. The Hall–Kier alpha value is -2.70. The summed E-state index contributed by atoms with van der Waals surface area (Å²) in [5.74, 6) is -0.120. The molecule has 1 aromatic carbocycles. The number of aromatic nitrogens is 4. The quantitative estimate of drug-likeness (QED) is 0.764. The van der Waals surface area contributed by atoms with Crippen LogP contribution in [0.5, 0.6) is 0 Å². The highest BCUT2D eigenvalue weighted by Crippen LogP contribution is 2.31. The molecule has 21 heavy (non-hydrogen) atoms. The summed E-state index contributed by atoms with van der Waals surface area (Å²) >= 11 is 0. The van der Waals surface area contributed by atoms with Gasteiger partial charge in [0.15, 0.2) is 11.5 Å². The molecule has 7 heteroatoms. The van der Waals surface area contributed by atoms with Crippen LogP contribution < -0.4 is 4.90 Å². The van der Waals surface area contributed by atoms with Gasteiger partial charge in [0, 0.05) is 17.3 Å². The predicted octanol–water partition coefficient (Wildman–Crippen LogP) is 1.33. The van der Waals surface area contributed by atoms with E-state index in [0.717, 1.165) is 17.2 Å². The highest BCUT2D eigenvalue weighted by atomic mass is 16.4. The Balaban J connectivity index is 2.00. The minimum Gasteiger partial charge on any atom is -0.480 e. The number of carboxylic acid groups (broad SMARTS) is 1. The second-order valence-corrected chi connectivity index (χ2v) is 5.16. The zero-order valence-electron chi connectivity index (χ0n) is 11.2. The van der Waals surface area contributed by atoms with Gasteiger partial charge in [-0.05, 0) is 12.8 Å². The van der Waals surface area contributed by atoms with E-state index in [4.69, 9.17) is 0 Å². The monoisotopic (exact) mass is 283 g/mol. The Kier molecular flexibility index (Phi) is 2.53. The van der Waals surface area contributed by atoms with Gasteiger partial charge in [0.2, 0.25) is 0 Å². The molecule has 0 aliphatic carbocycles. The van der Waals surface area contributed by atoms with Crippen molar-refractivity contribution < 1.29 is 9.90 Å². The Morgan fingerprint density at radius 1 is 1.29 bits per heavy atom. The van der Waals surface area contributed by atoms with Crippen LogP contribution in [-0.2, 0) is 4.79 Å². The molecule has 4 rings (SSSR count). The highest BCUT2D eigenvalue weighted by molar-refractivity contribution is 6.01. The van der Waals surface area contributed by atoms with Crippen molar-refractivity contribution in [3.63, 3.8) is 0 Å². The third-order valence-corrected chi connectivity index (χ3v) is 3.95. The largest absolute Gasteiger partial charge is 0.480 e. The van der Waals surface area contributed by atoms with Gasteiger partial charge in [0.05, 0.1) is 0 Å². The topological polar surface area (TPSA) is 83.6 Å². The molecule has 1 aliphatic rings. The van der Waals surface area contributed by atoms with Crippen molar-refractivity contribution in [1.82, 2.24) is 19.8 Å². The molecule has 3 heterocycles. The summed E-state index contributed by atoms with van der Waals surface area (Å²) in [5, 5.41) is 23.7. The van der Waals surface area contributed by atoms with Crippen LogP contribution in [0.4, 0.5) is 5.82 Å². The Bertz CT molecular complexity index is 844. The molecular weight excluding hydrogens is 270 g/mol. The van der Waals surface area contributed by atoms with Crippen LogP contribution in [0.15, 0.2) is 30.6 Å². The number of anilines is 1. The van der Waals surface area contributed by atoms with E-state index in [2.05, 4.69) is 15.3 Å². The lowest BCUT2D eigenvalue weighted by molar-refractivity contribution is -0.138. The van der Waals surface area contributed by atoms with Gasteiger partial charge in [-0.3, -0.25) is 0 Å². The first-order chi connectivity index (χ1) is 10.3. The maximum atomic E-state index is 11.4. The van der Waals surface area contributed by atoms with Crippen molar-refractivity contribution in [2.24, 2.45) is 0 Å². The molecule has 1 saturated heterocycles. The van der Waals surface area contributed by atoms with E-state index < -0.39 is 12.0 Å². The molecule has 0 radical (unpaired) electrons. The normalized spacial score (nSPS) is 18.7. The summed E-state index contributed by atoms with van der Waals surface area (Å²) in [6.45, 7) is 0.696. The van der Waals surface area contributed by atoms with Crippen LogP contribution in [0.1, 0.15) is 12.8 Å². The van der Waals surface area contributed by atoms with Crippen molar-refractivity contribution in [1.29, 1.82) is 0 Å². The number of fused-ring (bicyclic) bond motifs is 3. The molecule has 106 valence electrons. The fraction of sp³-hybridized carbons (Fsp3) is 0.286. The summed E-state index contributed by atoms with van der Waals surface area (Å²) in [6.07, 6.45) is 3.04. The van der Waals surface area contributed by atoms with Crippen molar-refractivity contribution in [3.05, 3.63) is 30.6 Å². The molecule has 0 amide bonds. The average molecular weight is 283 g/mol. The number of hydrogen-bond donors (Lipinski definition) is 1. The van der Waals surface area contributed by atoms with Crippen molar-refractivity contribution in [3.8, 4) is 0 Å². The van der Waals surface area contributed by atoms with Crippen LogP contribution in [0.3, 0.4) is 0 Å². The molecule has 1 atom stereocenters. The van der Waals surface area contributed by atoms with Crippen molar-refractivity contribution in [2.45, 2.75) is 18.9 Å². The van der Waals surface area contributed by atoms with Crippen LogP contribution in [-0.4, -0.2) is 43.5 Å². The number of carboxylic acids is 1. The first-order valence-electron chi connectivity index (χ1n) is 6.84. The molecule has 7 nitrogen and oxygen atoms in total. The Morgan fingerprint density at radius 2 is 2.10 bits per heavy atom. The maximum absolute atomic E-state index is 11.4. The number of rotatable bonds is 2. The molecule has 0 bridgehead atoms. The van der Waals surface area contributed by atoms with E-state index >= 15 is 0 Å². The first-order valence-corrected chi connectivity index (χ1v) is 6.84. The molecule has 3 aromatic rings. The zero-order valence-corrected chi connectivity index (χ0v) is 11.2. The summed E-state index contributed by atoms with van der Waals surface area (Å²) < 4.78 is 1.61. The van der Waals surface area contributed by atoms with E-state index in [1.165, 1.54) is 6.33 Å². The van der Waals surface area contributed by atoms with E-state index in [-0.39, 0.29) is 0 Å². The number of nitrogens with zero attached hydrogens (tertiary/aromatic N) is 5. The molecule has 1 N–H and O–H groups in total. The minimum absolute atomic E-state index is 0.519. The lowest BCUT2D eigenvalue weighted by Crippen LogP contribution is -2.36. The van der Waals surface area contributed by atoms with E-state index in [1.54, 1.807) is 4.52 Å². The molecule has 1 fully saturated rings. The molecule has 0 spiro atoms. The summed E-state index contributed by atoms with van der Waals surface area (Å²) in [5.41, 5.74) is 0.681. The standard InChI is InChI=1S/C14H13N5O2/c20-14(21)11-6-3-7-18(11)13-10-5-2-1-4-9(10)12-16-15-8-19(12)17-13/h1-2,4-5,8,11H,3,6-7H2,(H,20,21)/t11-/m1/s1. The molecule has 2 aromatic heterocycles. The predicted molar refractivity (Wildman–Crippen MR) is 76.3 cm³/mol. The van der Waals surface area contributed by atoms with Gasteiger partial charge in [-0.15, -0.1) is 15.3 Å². The van der Waals surface area contributed by atoms with Gasteiger partial charge in [0.25, 0.3) is 0 Å². The Labute approximate surface area is 119 Å². The van der Waals surface area contributed by atoms with Crippen molar-refractivity contribution >= 4 is 28.2 Å². The van der Waals surface area contributed by atoms with Gasteiger partial charge in [-0.25, -0.2) is 4.79 Å². The van der Waals surface area contributed by atoms with Gasteiger partial charge >= 0.3 is 5.97 Å². The Morgan fingerprint density at radius 3 is 2.90 bits per heavy atom. The number of carbonyl (C=O) groups is 1. The second-order valence-electron chi connectivity index (χ2n) is 5.16. The molecule has 1 aliphatic heterocycles. The molecule has 0 unspecified atom stereocenters. The van der Waals surface area contributed by atoms with Gasteiger partial charge < -0.3 is 10.0 Å². The van der Waals surface area contributed by atoms with E-state index in [1.807, 2.05) is 29.2 Å². The smallest absolute Gasteiger partial charge is 0.326 e. The van der Waals surface area contributed by atoms with Gasteiger partial charge in [0.1, 0.15) is 12.4 Å². The zero-order chi connectivity index (χ0) is 14.4. The van der Waals surface area contributed by atoms with Gasteiger partial charge in [-0.2, -0.15) is 4.52 Å². The van der Waals surface area contributed by atoms with Gasteiger partial charge in [-0.1, -0.05) is 24.3 Å².